The molecule has 23 heavy (non-hydrogen) atoms. The summed E-state index contributed by atoms with van der Waals surface area (Å²) in [5.74, 6) is 0. The number of benzene rings is 1. The Morgan fingerprint density at radius 2 is 1.87 bits per heavy atom. The average Bonchev–Trinajstić information content (AvgIpc) is 3.24. The van der Waals surface area contributed by atoms with Gasteiger partial charge in [0, 0.05) is 32.2 Å². The third-order valence-corrected chi connectivity index (χ3v) is 5.90. The number of hydrogen-bond acceptors (Lipinski definition) is 4. The van der Waals surface area contributed by atoms with E-state index in [-0.39, 0.29) is 6.03 Å². The van der Waals surface area contributed by atoms with Gasteiger partial charge in [0.25, 0.3) is 0 Å². The smallest absolute Gasteiger partial charge is 0.322 e. The van der Waals surface area contributed by atoms with Crippen LogP contribution >= 0.6 is 11.3 Å². The Bertz CT molecular complexity index is 654. The first kappa shape index (κ1) is 14.9. The lowest BCUT2D eigenvalue weighted by Crippen LogP contribution is -2.52. The Balaban J connectivity index is 1.34. The maximum atomic E-state index is 12.4. The van der Waals surface area contributed by atoms with Crippen LogP contribution in [0.15, 0.2) is 24.3 Å². The summed E-state index contributed by atoms with van der Waals surface area (Å²) in [6, 6.07) is 8.70. The van der Waals surface area contributed by atoms with Crippen molar-refractivity contribution >= 4 is 32.7 Å². The van der Waals surface area contributed by atoms with E-state index in [1.54, 1.807) is 0 Å². The summed E-state index contributed by atoms with van der Waals surface area (Å²) in [6.07, 6.45) is 5.39. The molecule has 1 aliphatic carbocycles. The molecule has 1 saturated heterocycles. The van der Waals surface area contributed by atoms with Crippen LogP contribution < -0.4 is 5.32 Å². The molecule has 1 saturated carbocycles. The molecule has 0 bridgehead atoms. The molecule has 2 aromatic rings. The van der Waals surface area contributed by atoms with E-state index in [0.29, 0.717) is 5.13 Å². The highest BCUT2D eigenvalue weighted by Crippen LogP contribution is 2.26. The lowest BCUT2D eigenvalue weighted by molar-refractivity contribution is 0.115. The number of nitrogens with zero attached hydrogens (tertiary/aromatic N) is 3. The molecule has 0 radical (unpaired) electrons. The minimum Gasteiger partial charge on any atom is -0.322 e. The number of urea groups is 1. The highest BCUT2D eigenvalue weighted by Gasteiger charge is 2.28. The molecule has 2 heterocycles. The van der Waals surface area contributed by atoms with Gasteiger partial charge in [0.2, 0.25) is 0 Å². The van der Waals surface area contributed by atoms with Crippen molar-refractivity contribution < 1.29 is 4.79 Å². The van der Waals surface area contributed by atoms with Gasteiger partial charge in [-0.3, -0.25) is 10.2 Å². The molecule has 1 aromatic carbocycles. The van der Waals surface area contributed by atoms with Crippen LogP contribution in [0, 0.1) is 0 Å². The van der Waals surface area contributed by atoms with E-state index in [1.165, 1.54) is 37.0 Å². The summed E-state index contributed by atoms with van der Waals surface area (Å²) in [5.41, 5.74) is 0.943. The molecule has 5 nitrogen and oxygen atoms in total. The van der Waals surface area contributed by atoms with E-state index < -0.39 is 0 Å². The largest absolute Gasteiger partial charge is 0.323 e. The number of nitrogens with one attached hydrogen (secondary N) is 1. The Kier molecular flexibility index (Phi) is 4.18. The van der Waals surface area contributed by atoms with Crippen LogP contribution in [0.3, 0.4) is 0 Å². The lowest BCUT2D eigenvalue weighted by atomic mass is 10.2. The second-order valence-corrected chi connectivity index (χ2v) is 7.41. The Hall–Kier alpha value is -1.66. The molecule has 2 fully saturated rings. The third-order valence-electron chi connectivity index (χ3n) is 4.95. The van der Waals surface area contributed by atoms with Crippen molar-refractivity contribution in [1.29, 1.82) is 0 Å². The highest BCUT2D eigenvalue weighted by atomic mass is 32.1. The summed E-state index contributed by atoms with van der Waals surface area (Å²) >= 11 is 1.53. The number of amides is 2. The predicted octanol–water partition coefficient (Wildman–Crippen LogP) is 3.39. The van der Waals surface area contributed by atoms with Crippen molar-refractivity contribution in [2.75, 3.05) is 31.5 Å². The van der Waals surface area contributed by atoms with Gasteiger partial charge in [-0.15, -0.1) is 0 Å². The number of carbonyl (C=O) groups is 1. The standard InChI is InChI=1S/C17H22N4OS/c22-17(19-16-18-14-7-3-4-8-15(14)23-16)21-11-9-20(10-12-21)13-5-1-2-6-13/h3-4,7-8,13H,1-2,5-6,9-12H2,(H,18,19,22). The molecule has 0 spiro atoms. The zero-order chi connectivity index (χ0) is 15.6. The number of fused-ring (bicyclic) bond motifs is 1. The molecular weight excluding hydrogens is 308 g/mol. The van der Waals surface area contributed by atoms with Gasteiger partial charge < -0.3 is 4.90 Å². The molecule has 6 heteroatoms. The lowest BCUT2D eigenvalue weighted by Gasteiger charge is -2.37. The monoisotopic (exact) mass is 330 g/mol. The van der Waals surface area contributed by atoms with Crippen LogP contribution in [0.4, 0.5) is 9.93 Å². The number of thiazole rings is 1. The second-order valence-electron chi connectivity index (χ2n) is 6.38. The summed E-state index contributed by atoms with van der Waals surface area (Å²) in [4.78, 5) is 21.4. The van der Waals surface area contributed by atoms with Crippen LogP contribution in [-0.4, -0.2) is 53.0 Å². The second kappa shape index (κ2) is 6.45. The van der Waals surface area contributed by atoms with Crippen LogP contribution in [0.25, 0.3) is 10.2 Å². The van der Waals surface area contributed by atoms with Gasteiger partial charge in [-0.05, 0) is 25.0 Å². The van der Waals surface area contributed by atoms with Crippen molar-refractivity contribution in [1.82, 2.24) is 14.8 Å². The van der Waals surface area contributed by atoms with Crippen LogP contribution in [0.2, 0.25) is 0 Å². The van der Waals surface area contributed by atoms with Gasteiger partial charge in [0.05, 0.1) is 10.2 Å². The third kappa shape index (κ3) is 3.19. The Morgan fingerprint density at radius 3 is 2.61 bits per heavy atom. The average molecular weight is 330 g/mol. The van der Waals surface area contributed by atoms with E-state index in [2.05, 4.69) is 15.2 Å². The quantitative estimate of drug-likeness (QED) is 0.918. The summed E-state index contributed by atoms with van der Waals surface area (Å²) in [6.45, 7) is 3.62. The zero-order valence-electron chi connectivity index (χ0n) is 13.2. The van der Waals surface area contributed by atoms with Crippen LogP contribution in [-0.2, 0) is 0 Å². The SMILES string of the molecule is O=C(Nc1nc2ccccc2s1)N1CCN(C2CCCC2)CC1. The van der Waals surface area contributed by atoms with Crippen LogP contribution in [0.1, 0.15) is 25.7 Å². The molecular formula is C17H22N4OS. The fourth-order valence-corrected chi connectivity index (χ4v) is 4.51. The number of carbonyl (C=O) groups excluding carboxylic acids is 1. The first-order chi connectivity index (χ1) is 11.3. The molecule has 4 rings (SSSR count). The van der Waals surface area contributed by atoms with Gasteiger partial charge in [0.1, 0.15) is 0 Å². The minimum atomic E-state index is -0.0184. The van der Waals surface area contributed by atoms with Crippen molar-refractivity contribution in [2.45, 2.75) is 31.7 Å². The molecule has 2 aliphatic rings. The fraction of sp³-hybridized carbons (Fsp3) is 0.529. The van der Waals surface area contributed by atoms with E-state index in [0.717, 1.165) is 42.4 Å². The highest BCUT2D eigenvalue weighted by molar-refractivity contribution is 7.22. The molecule has 0 unspecified atom stereocenters. The number of aromatic nitrogens is 1. The van der Waals surface area contributed by atoms with Gasteiger partial charge in [0.15, 0.2) is 5.13 Å². The summed E-state index contributed by atoms with van der Waals surface area (Å²) in [5, 5.41) is 3.65. The minimum absolute atomic E-state index is 0.0184. The van der Waals surface area contributed by atoms with Gasteiger partial charge in [-0.25, -0.2) is 9.78 Å². The van der Waals surface area contributed by atoms with E-state index in [1.807, 2.05) is 29.2 Å². The number of piperazine rings is 1. The number of anilines is 1. The van der Waals surface area contributed by atoms with Crippen LogP contribution in [0.5, 0.6) is 0 Å². The number of rotatable bonds is 2. The molecule has 1 aliphatic heterocycles. The van der Waals surface area contributed by atoms with E-state index in [4.69, 9.17) is 0 Å². The van der Waals surface area contributed by atoms with Crippen molar-refractivity contribution in [2.24, 2.45) is 0 Å². The predicted molar refractivity (Wildman–Crippen MR) is 94.0 cm³/mol. The summed E-state index contributed by atoms with van der Waals surface area (Å²) < 4.78 is 1.11. The maximum absolute atomic E-state index is 12.4. The van der Waals surface area contributed by atoms with Gasteiger partial charge in [-0.2, -0.15) is 0 Å². The van der Waals surface area contributed by atoms with Crippen molar-refractivity contribution in [3.05, 3.63) is 24.3 Å². The van der Waals surface area contributed by atoms with E-state index >= 15 is 0 Å². The molecule has 2 amide bonds. The normalized spacial score (nSPS) is 20.3. The first-order valence-electron chi connectivity index (χ1n) is 8.45. The topological polar surface area (TPSA) is 48.5 Å². The van der Waals surface area contributed by atoms with Crippen molar-refractivity contribution in [3.63, 3.8) is 0 Å². The molecule has 122 valence electrons. The molecule has 0 atom stereocenters. The number of hydrogen-bond donors (Lipinski definition) is 1. The summed E-state index contributed by atoms with van der Waals surface area (Å²) in [7, 11) is 0. The zero-order valence-corrected chi connectivity index (χ0v) is 14.0. The Labute approximate surface area is 140 Å². The Morgan fingerprint density at radius 1 is 1.13 bits per heavy atom. The molecule has 1 aromatic heterocycles. The van der Waals surface area contributed by atoms with E-state index in [9.17, 15) is 4.79 Å². The first-order valence-corrected chi connectivity index (χ1v) is 9.27. The maximum Gasteiger partial charge on any atom is 0.323 e. The fourth-order valence-electron chi connectivity index (χ4n) is 3.66. The number of para-hydroxylation sites is 1. The van der Waals surface area contributed by atoms with Gasteiger partial charge >= 0.3 is 6.03 Å². The molecule has 1 N–H and O–H groups in total. The van der Waals surface area contributed by atoms with Gasteiger partial charge in [-0.1, -0.05) is 36.3 Å². The van der Waals surface area contributed by atoms with Crippen molar-refractivity contribution in [3.8, 4) is 0 Å².